The van der Waals surface area contributed by atoms with Crippen molar-refractivity contribution in [3.05, 3.63) is 208 Å². The summed E-state index contributed by atoms with van der Waals surface area (Å²) < 4.78 is 21.6. The minimum Gasteiger partial charge on any atom is -0.481 e. The molecule has 9 aromatic rings. The number of carbonyl (C=O) groups is 6. The fourth-order valence-electron chi connectivity index (χ4n) is 11.1. The van der Waals surface area contributed by atoms with E-state index in [1.165, 1.54) is 0 Å². The monoisotopic (exact) mass is 1340 g/mol. The van der Waals surface area contributed by atoms with Crippen LogP contribution in [0.3, 0.4) is 0 Å². The predicted octanol–water partition coefficient (Wildman–Crippen LogP) is 13.0. The summed E-state index contributed by atoms with van der Waals surface area (Å²) in [6, 6.07) is 37.5. The fourth-order valence-corrected chi connectivity index (χ4v) is 12.2. The van der Waals surface area contributed by atoms with Gasteiger partial charge in [0.25, 0.3) is 17.7 Å². The molecule has 0 bridgehead atoms. The lowest BCUT2D eigenvalue weighted by molar-refractivity contribution is -0.139. The highest BCUT2D eigenvalue weighted by atomic mass is 35.5. The molecule has 3 amide bonds. The van der Waals surface area contributed by atoms with E-state index in [1.54, 1.807) is 128 Å². The van der Waals surface area contributed by atoms with Gasteiger partial charge in [0.2, 0.25) is 0 Å². The second kappa shape index (κ2) is 25.9. The Bertz CT molecular complexity index is 3890. The van der Waals surface area contributed by atoms with Crippen LogP contribution in [-0.2, 0) is 66.4 Å². The van der Waals surface area contributed by atoms with E-state index in [-0.39, 0.29) is 17.7 Å². The Labute approximate surface area is 546 Å². The van der Waals surface area contributed by atoms with Crippen molar-refractivity contribution in [2.45, 2.75) is 55.1 Å². The van der Waals surface area contributed by atoms with Gasteiger partial charge in [-0.15, -0.1) is 0 Å². The molecular formula is C66H60Cl6N6O12. The lowest BCUT2D eigenvalue weighted by Crippen LogP contribution is -2.59. The van der Waals surface area contributed by atoms with E-state index < -0.39 is 52.3 Å². The minimum atomic E-state index is -0.882. The largest absolute Gasteiger partial charge is 0.481 e. The number of amides is 3. The number of carbonyl (C=O) groups excluding carboxylic acids is 3. The minimum absolute atomic E-state index is 0.257. The van der Waals surface area contributed by atoms with Crippen molar-refractivity contribution in [2.75, 3.05) is 39.6 Å². The molecule has 6 N–H and O–H groups in total. The van der Waals surface area contributed by atoms with Crippen molar-refractivity contribution in [3.63, 3.8) is 0 Å². The number of hydrogen-bond donors (Lipinski definition) is 6. The molecule has 3 aromatic heterocycles. The third-order valence-corrected chi connectivity index (χ3v) is 19.6. The van der Waals surface area contributed by atoms with Crippen LogP contribution in [0.2, 0.25) is 30.1 Å². The molecule has 3 aliphatic rings. The lowest BCUT2D eigenvalue weighted by Gasteiger charge is -2.42. The SMILES string of the molecule is CC(C(=O)O)c1ccc(C2(NC(=O)c3cc4c(Cl)c(Cl)ccc4n3C)COC2)cc1.C[C@@H](C(=O)O)c1ccc(C2(NC(=O)c3cc4c(Cl)c(Cl)ccc4n3C)COC2)cc1.C[C@H](C(=O)O)c1ccc(C2(NC(=O)c3cc4c(Cl)c(Cl)ccc4n3C)COC2)cc1. The topological polar surface area (TPSA) is 242 Å². The third-order valence-electron chi connectivity index (χ3n) is 17.2. The van der Waals surface area contributed by atoms with Gasteiger partial charge in [0.05, 0.1) is 87.5 Å². The van der Waals surface area contributed by atoms with Gasteiger partial charge in [0, 0.05) is 53.9 Å². The normalized spacial score (nSPS) is 16.1. The van der Waals surface area contributed by atoms with Crippen molar-refractivity contribution in [1.82, 2.24) is 29.7 Å². The van der Waals surface area contributed by atoms with Crippen LogP contribution in [-0.4, -0.2) is 104 Å². The van der Waals surface area contributed by atoms with Gasteiger partial charge in [-0.2, -0.15) is 0 Å². The molecule has 0 aliphatic carbocycles. The number of aromatic nitrogens is 3. The zero-order valence-electron chi connectivity index (χ0n) is 49.2. The van der Waals surface area contributed by atoms with E-state index in [0.29, 0.717) is 120 Å². The first kappa shape index (κ1) is 65.3. The number of ether oxygens (including phenoxy) is 3. The molecule has 0 radical (unpaired) electrons. The summed E-state index contributed by atoms with van der Waals surface area (Å²) in [4.78, 5) is 73.0. The summed E-state index contributed by atoms with van der Waals surface area (Å²) in [5.41, 5.74) is 6.48. The van der Waals surface area contributed by atoms with Crippen molar-refractivity contribution in [1.29, 1.82) is 0 Å². The number of fused-ring (bicyclic) bond motifs is 3. The first-order chi connectivity index (χ1) is 42.7. The van der Waals surface area contributed by atoms with Crippen molar-refractivity contribution >= 4 is 138 Å². The van der Waals surface area contributed by atoms with Gasteiger partial charge in [-0.25, -0.2) is 0 Å². The van der Waals surface area contributed by atoms with E-state index in [2.05, 4.69) is 16.0 Å². The Kier molecular flexibility index (Phi) is 18.8. The van der Waals surface area contributed by atoms with E-state index in [9.17, 15) is 44.1 Å². The predicted molar refractivity (Wildman–Crippen MR) is 346 cm³/mol. The number of hydrogen-bond acceptors (Lipinski definition) is 9. The van der Waals surface area contributed by atoms with Gasteiger partial charge in [-0.3, -0.25) is 28.8 Å². The molecule has 0 saturated carbocycles. The van der Waals surface area contributed by atoms with E-state index in [0.717, 1.165) is 33.2 Å². The first-order valence-electron chi connectivity index (χ1n) is 28.2. The zero-order valence-corrected chi connectivity index (χ0v) is 53.8. The molecule has 6 heterocycles. The first-order valence-corrected chi connectivity index (χ1v) is 30.5. The van der Waals surface area contributed by atoms with Crippen LogP contribution in [0.5, 0.6) is 0 Å². The van der Waals surface area contributed by atoms with Crippen LogP contribution >= 0.6 is 69.6 Å². The summed E-state index contributed by atoms with van der Waals surface area (Å²) in [6.45, 7) is 6.93. The van der Waals surface area contributed by atoms with Gasteiger partial charge in [0.1, 0.15) is 33.7 Å². The average Bonchev–Trinajstić information content (AvgIpc) is 1.50. The number of rotatable bonds is 15. The maximum Gasteiger partial charge on any atom is 0.310 e. The molecule has 3 saturated heterocycles. The quantitative estimate of drug-likeness (QED) is 0.0562. The molecule has 90 heavy (non-hydrogen) atoms. The Morgan fingerprint density at radius 2 is 0.611 bits per heavy atom. The van der Waals surface area contributed by atoms with Gasteiger partial charge >= 0.3 is 17.9 Å². The number of aliphatic carboxylic acids is 3. The van der Waals surface area contributed by atoms with Gasteiger partial charge in [-0.05, 0) is 109 Å². The number of carboxylic acids is 3. The second-order valence-corrected chi connectivity index (χ2v) is 25.1. The summed E-state index contributed by atoms with van der Waals surface area (Å²) in [7, 11) is 5.40. The van der Waals surface area contributed by atoms with Gasteiger partial charge in [-0.1, -0.05) is 142 Å². The third kappa shape index (κ3) is 12.4. The summed E-state index contributed by atoms with van der Waals surface area (Å²) in [5.74, 6) is -5.22. The number of carboxylic acid groups (broad SMARTS) is 3. The highest BCUT2D eigenvalue weighted by Gasteiger charge is 2.45. The highest BCUT2D eigenvalue weighted by Crippen LogP contribution is 2.39. The number of aryl methyl sites for hydroxylation is 3. The Morgan fingerprint density at radius 3 is 0.800 bits per heavy atom. The molecule has 3 aliphatic heterocycles. The van der Waals surface area contributed by atoms with Crippen molar-refractivity contribution in [2.24, 2.45) is 21.1 Å². The second-order valence-electron chi connectivity index (χ2n) is 22.8. The zero-order chi connectivity index (χ0) is 64.9. The van der Waals surface area contributed by atoms with E-state index in [1.807, 2.05) is 54.6 Å². The molecule has 1 unspecified atom stereocenters. The van der Waals surface area contributed by atoms with E-state index >= 15 is 0 Å². The van der Waals surface area contributed by atoms with Crippen molar-refractivity contribution in [3.8, 4) is 0 Å². The molecule has 0 spiro atoms. The van der Waals surface area contributed by atoms with Crippen LogP contribution in [0, 0.1) is 0 Å². The molecule has 6 aromatic carbocycles. The fraction of sp³-hybridized carbons (Fsp3) is 0.273. The van der Waals surface area contributed by atoms with Gasteiger partial charge < -0.3 is 59.2 Å². The summed E-state index contributed by atoms with van der Waals surface area (Å²) >= 11 is 37.2. The Balaban J connectivity index is 0.000000148. The van der Waals surface area contributed by atoms with E-state index in [4.69, 9.17) is 83.8 Å². The van der Waals surface area contributed by atoms with Crippen LogP contribution in [0.1, 0.15) is 103 Å². The number of halogens is 6. The summed E-state index contributed by atoms with van der Waals surface area (Å²) in [6.07, 6.45) is 0. The molecule has 3 atom stereocenters. The molecular weight excluding hydrogens is 1280 g/mol. The molecule has 12 rings (SSSR count). The lowest BCUT2D eigenvalue weighted by atomic mass is 9.86. The maximum atomic E-state index is 13.1. The van der Waals surface area contributed by atoms with Crippen LogP contribution in [0.25, 0.3) is 32.7 Å². The van der Waals surface area contributed by atoms with Crippen LogP contribution in [0.15, 0.2) is 127 Å². The van der Waals surface area contributed by atoms with Crippen LogP contribution < -0.4 is 16.0 Å². The molecule has 3 fully saturated rings. The average molecular weight is 1340 g/mol. The van der Waals surface area contributed by atoms with Crippen molar-refractivity contribution < 1.29 is 58.3 Å². The Hall–Kier alpha value is -7.62. The standard InChI is InChI=1S/3C22H20Cl2N2O4/c3*1-12(21(28)29)13-3-5-14(6-4-13)22(10-30-11-22)25-20(27)18-9-15-17(26(18)2)8-7-16(23)19(15)24/h3*3-9,12H,10-11H2,1-2H3,(H,25,27)(H,28,29)/t2*12-;/m10./s1. The van der Waals surface area contributed by atoms with Crippen LogP contribution in [0.4, 0.5) is 0 Å². The van der Waals surface area contributed by atoms with Gasteiger partial charge in [0.15, 0.2) is 0 Å². The smallest absolute Gasteiger partial charge is 0.310 e. The molecule has 468 valence electrons. The Morgan fingerprint density at radius 1 is 0.389 bits per heavy atom. The summed E-state index contributed by atoms with van der Waals surface area (Å²) in [5, 5.41) is 41.5. The molecule has 24 heteroatoms. The maximum absolute atomic E-state index is 13.1. The molecule has 18 nitrogen and oxygen atoms in total. The number of benzene rings is 6. The highest BCUT2D eigenvalue weighted by molar-refractivity contribution is 6.46. The number of nitrogens with one attached hydrogen (secondary N) is 3. The number of nitrogens with zero attached hydrogens (tertiary/aromatic N) is 3.